The summed E-state index contributed by atoms with van der Waals surface area (Å²) in [5, 5.41) is 15.4. The Kier molecular flexibility index (Phi) is 6.43. The molecule has 0 aliphatic heterocycles. The fourth-order valence-electron chi connectivity index (χ4n) is 1.78. The highest BCUT2D eigenvalue weighted by molar-refractivity contribution is 5.42. The van der Waals surface area contributed by atoms with Gasteiger partial charge in [0, 0.05) is 31.5 Å². The predicted octanol–water partition coefficient (Wildman–Crippen LogP) is 2.04. The molecular weight excluding hydrogens is 228 g/mol. The normalized spacial score (nSPS) is 12.2. The number of rotatable bonds is 8. The Morgan fingerprint density at radius 1 is 1.28 bits per heavy atom. The van der Waals surface area contributed by atoms with Gasteiger partial charge < -0.3 is 15.7 Å². The van der Waals surface area contributed by atoms with Gasteiger partial charge >= 0.3 is 0 Å². The summed E-state index contributed by atoms with van der Waals surface area (Å²) in [4.78, 5) is 8.70. The van der Waals surface area contributed by atoms with Gasteiger partial charge in [-0.2, -0.15) is 4.98 Å². The third-order valence-electron chi connectivity index (χ3n) is 2.88. The number of aliphatic hydroxyl groups is 1. The van der Waals surface area contributed by atoms with Crippen LogP contribution < -0.4 is 10.6 Å². The van der Waals surface area contributed by atoms with Gasteiger partial charge in [0.15, 0.2) is 0 Å². The zero-order valence-corrected chi connectivity index (χ0v) is 11.5. The summed E-state index contributed by atoms with van der Waals surface area (Å²) in [6.07, 6.45) is 1.88. The monoisotopic (exact) mass is 252 g/mol. The lowest BCUT2D eigenvalue weighted by atomic mass is 10.0. The molecule has 3 N–H and O–H groups in total. The minimum atomic E-state index is 0.242. The number of aryl methyl sites for hydroxylation is 1. The van der Waals surface area contributed by atoms with E-state index in [0.29, 0.717) is 11.9 Å². The summed E-state index contributed by atoms with van der Waals surface area (Å²) < 4.78 is 0. The van der Waals surface area contributed by atoms with Crippen molar-refractivity contribution in [2.45, 2.75) is 33.6 Å². The van der Waals surface area contributed by atoms with Crippen LogP contribution in [0.4, 0.5) is 11.8 Å². The molecule has 1 unspecified atom stereocenters. The lowest BCUT2D eigenvalue weighted by molar-refractivity contribution is 0.258. The van der Waals surface area contributed by atoms with E-state index in [1.807, 2.05) is 19.9 Å². The molecular formula is C13H24N4O. The Morgan fingerprint density at radius 2 is 2.06 bits per heavy atom. The van der Waals surface area contributed by atoms with E-state index < -0.39 is 0 Å². The van der Waals surface area contributed by atoms with Gasteiger partial charge in [-0.15, -0.1) is 0 Å². The molecule has 18 heavy (non-hydrogen) atoms. The van der Waals surface area contributed by atoms with Crippen molar-refractivity contribution in [2.75, 3.05) is 30.3 Å². The van der Waals surface area contributed by atoms with E-state index in [1.165, 1.54) is 0 Å². The van der Waals surface area contributed by atoms with Crippen molar-refractivity contribution in [3.8, 4) is 0 Å². The fraction of sp³-hybridized carbons (Fsp3) is 0.692. The zero-order chi connectivity index (χ0) is 13.4. The van der Waals surface area contributed by atoms with Crippen LogP contribution in [-0.2, 0) is 0 Å². The maximum atomic E-state index is 8.96. The molecule has 0 spiro atoms. The minimum Gasteiger partial charge on any atom is -0.396 e. The van der Waals surface area contributed by atoms with E-state index in [4.69, 9.17) is 5.11 Å². The van der Waals surface area contributed by atoms with Crippen molar-refractivity contribution in [3.05, 3.63) is 11.8 Å². The van der Waals surface area contributed by atoms with Crippen molar-refractivity contribution in [2.24, 2.45) is 5.92 Å². The second-order valence-corrected chi connectivity index (χ2v) is 4.42. The molecule has 0 fully saturated rings. The van der Waals surface area contributed by atoms with E-state index in [0.717, 1.165) is 37.4 Å². The van der Waals surface area contributed by atoms with Crippen LogP contribution in [0.3, 0.4) is 0 Å². The van der Waals surface area contributed by atoms with Crippen LogP contribution in [-0.4, -0.2) is 34.8 Å². The first-order valence-electron chi connectivity index (χ1n) is 6.63. The number of nitrogens with one attached hydrogen (secondary N) is 2. The number of nitrogens with zero attached hydrogens (tertiary/aromatic N) is 2. The smallest absolute Gasteiger partial charge is 0.224 e. The van der Waals surface area contributed by atoms with Gasteiger partial charge in [0.25, 0.3) is 0 Å². The van der Waals surface area contributed by atoms with E-state index in [1.54, 1.807) is 0 Å². The largest absolute Gasteiger partial charge is 0.396 e. The molecule has 1 heterocycles. The lowest BCUT2D eigenvalue weighted by Gasteiger charge is -2.15. The molecule has 5 heteroatoms. The molecule has 102 valence electrons. The predicted molar refractivity (Wildman–Crippen MR) is 74.9 cm³/mol. The molecule has 0 amide bonds. The molecule has 0 aromatic carbocycles. The molecule has 1 aromatic rings. The van der Waals surface area contributed by atoms with Crippen LogP contribution in [0.15, 0.2) is 6.07 Å². The average molecular weight is 252 g/mol. The minimum absolute atomic E-state index is 0.242. The average Bonchev–Trinajstić information content (AvgIpc) is 2.34. The highest BCUT2D eigenvalue weighted by Crippen LogP contribution is 2.12. The van der Waals surface area contributed by atoms with Gasteiger partial charge in [-0.1, -0.05) is 13.3 Å². The Morgan fingerprint density at radius 3 is 2.67 bits per heavy atom. The number of aromatic nitrogens is 2. The second kappa shape index (κ2) is 7.87. The SMILES string of the molecule is CCNc1nc(C)cc(NCC(CC)CCO)n1. The summed E-state index contributed by atoms with van der Waals surface area (Å²) in [6, 6.07) is 1.94. The second-order valence-electron chi connectivity index (χ2n) is 4.42. The van der Waals surface area contributed by atoms with Crippen molar-refractivity contribution >= 4 is 11.8 Å². The topological polar surface area (TPSA) is 70.1 Å². The van der Waals surface area contributed by atoms with Crippen LogP contribution in [0.25, 0.3) is 0 Å². The molecule has 1 rings (SSSR count). The quantitative estimate of drug-likeness (QED) is 0.660. The Bertz CT molecular complexity index is 357. The molecule has 0 saturated carbocycles. The highest BCUT2D eigenvalue weighted by Gasteiger charge is 2.07. The van der Waals surface area contributed by atoms with Crippen molar-refractivity contribution in [1.29, 1.82) is 0 Å². The van der Waals surface area contributed by atoms with Crippen LogP contribution in [0, 0.1) is 12.8 Å². The Hall–Kier alpha value is -1.36. The molecule has 0 bridgehead atoms. The molecule has 5 nitrogen and oxygen atoms in total. The molecule has 0 saturated heterocycles. The standard InChI is InChI=1S/C13H24N4O/c1-4-11(6-7-18)9-15-12-8-10(3)16-13(17-12)14-5-2/h8,11,18H,4-7,9H2,1-3H3,(H2,14,15,16,17). The first-order valence-corrected chi connectivity index (χ1v) is 6.63. The van der Waals surface area contributed by atoms with E-state index in [-0.39, 0.29) is 6.61 Å². The number of anilines is 2. The van der Waals surface area contributed by atoms with Crippen LogP contribution in [0.1, 0.15) is 32.4 Å². The Balaban J connectivity index is 2.60. The maximum Gasteiger partial charge on any atom is 0.224 e. The third-order valence-corrected chi connectivity index (χ3v) is 2.88. The van der Waals surface area contributed by atoms with Gasteiger partial charge in [-0.3, -0.25) is 0 Å². The van der Waals surface area contributed by atoms with Gasteiger partial charge in [0.2, 0.25) is 5.95 Å². The molecule has 0 aliphatic rings. The third kappa shape index (κ3) is 4.87. The van der Waals surface area contributed by atoms with Gasteiger partial charge in [-0.25, -0.2) is 4.98 Å². The van der Waals surface area contributed by atoms with Gasteiger partial charge in [0.05, 0.1) is 0 Å². The van der Waals surface area contributed by atoms with Crippen LogP contribution in [0.5, 0.6) is 0 Å². The summed E-state index contributed by atoms with van der Waals surface area (Å²) in [6.45, 7) is 8.00. The van der Waals surface area contributed by atoms with Crippen molar-refractivity contribution in [3.63, 3.8) is 0 Å². The highest BCUT2D eigenvalue weighted by atomic mass is 16.3. The zero-order valence-electron chi connectivity index (χ0n) is 11.5. The van der Waals surface area contributed by atoms with E-state index >= 15 is 0 Å². The van der Waals surface area contributed by atoms with E-state index in [2.05, 4.69) is 27.5 Å². The van der Waals surface area contributed by atoms with Crippen LogP contribution in [0.2, 0.25) is 0 Å². The van der Waals surface area contributed by atoms with Crippen LogP contribution >= 0.6 is 0 Å². The first kappa shape index (κ1) is 14.7. The summed E-state index contributed by atoms with van der Waals surface area (Å²) in [5.41, 5.74) is 0.943. The summed E-state index contributed by atoms with van der Waals surface area (Å²) in [5.74, 6) is 1.98. The van der Waals surface area contributed by atoms with Gasteiger partial charge in [0.1, 0.15) is 5.82 Å². The number of aliphatic hydroxyl groups excluding tert-OH is 1. The molecule has 1 atom stereocenters. The Labute approximate surface area is 109 Å². The fourth-order valence-corrected chi connectivity index (χ4v) is 1.78. The number of hydrogen-bond acceptors (Lipinski definition) is 5. The number of hydrogen-bond donors (Lipinski definition) is 3. The van der Waals surface area contributed by atoms with E-state index in [9.17, 15) is 0 Å². The van der Waals surface area contributed by atoms with Gasteiger partial charge in [-0.05, 0) is 26.2 Å². The molecule has 1 aromatic heterocycles. The maximum absolute atomic E-state index is 8.96. The van der Waals surface area contributed by atoms with Crippen molar-refractivity contribution < 1.29 is 5.11 Å². The summed E-state index contributed by atoms with van der Waals surface area (Å²) in [7, 11) is 0. The molecule has 0 radical (unpaired) electrons. The van der Waals surface area contributed by atoms with Crippen molar-refractivity contribution in [1.82, 2.24) is 9.97 Å². The molecule has 0 aliphatic carbocycles. The first-order chi connectivity index (χ1) is 8.69. The lowest BCUT2D eigenvalue weighted by Crippen LogP contribution is -2.16. The summed E-state index contributed by atoms with van der Waals surface area (Å²) >= 11 is 0.